The summed E-state index contributed by atoms with van der Waals surface area (Å²) in [6.07, 6.45) is 1.44. The second-order valence-corrected chi connectivity index (χ2v) is 17.2. The van der Waals surface area contributed by atoms with E-state index in [0.29, 0.717) is 16.8 Å². The fraction of sp³-hybridized carbons (Fsp3) is 0.385. The van der Waals surface area contributed by atoms with Gasteiger partial charge in [0.1, 0.15) is 8.07 Å². The van der Waals surface area contributed by atoms with Crippen LogP contribution in [0, 0.1) is 31.7 Å². The summed E-state index contributed by atoms with van der Waals surface area (Å²) in [4.78, 5) is 16.1. The van der Waals surface area contributed by atoms with Crippen molar-refractivity contribution in [2.24, 2.45) is 11.8 Å². The minimum Gasteiger partial charge on any atom is -0.512 e. The number of benzene rings is 3. The van der Waals surface area contributed by atoms with E-state index in [1.165, 1.54) is 6.08 Å². The van der Waals surface area contributed by atoms with Gasteiger partial charge in [-0.25, -0.2) is 0 Å². The van der Waals surface area contributed by atoms with E-state index in [4.69, 9.17) is 0 Å². The zero-order valence-electron chi connectivity index (χ0n) is 28.5. The fourth-order valence-corrected chi connectivity index (χ4v) is 10.1. The minimum atomic E-state index is -4.47. The quantitative estimate of drug-likeness (QED) is 0.0833. The van der Waals surface area contributed by atoms with E-state index >= 15 is 0 Å². The number of aromatic nitrogens is 1. The largest absolute Gasteiger partial charge is 0.512 e. The Hall–Kier alpha value is -3.06. The zero-order chi connectivity index (χ0) is 34.0. The van der Waals surface area contributed by atoms with Gasteiger partial charge in [0.05, 0.1) is 11.3 Å². The summed E-state index contributed by atoms with van der Waals surface area (Å²) >= 11 is 0. The van der Waals surface area contributed by atoms with Gasteiger partial charge in [0.2, 0.25) is 0 Å². The molecule has 1 aliphatic rings. The van der Waals surface area contributed by atoms with Crippen molar-refractivity contribution in [3.8, 4) is 22.4 Å². The van der Waals surface area contributed by atoms with Crippen molar-refractivity contribution in [1.82, 2.24) is 4.98 Å². The molecule has 1 aliphatic heterocycles. The second kappa shape index (κ2) is 15.4. The molecule has 5 rings (SSSR count). The van der Waals surface area contributed by atoms with Crippen LogP contribution in [0.15, 0.2) is 66.6 Å². The Balaban J connectivity index is 0.000000322. The predicted molar refractivity (Wildman–Crippen MR) is 187 cm³/mol. The molecule has 0 amide bonds. The number of pyridine rings is 1. The van der Waals surface area contributed by atoms with E-state index in [0.717, 1.165) is 69.7 Å². The third kappa shape index (κ3) is 7.98. The van der Waals surface area contributed by atoms with Crippen LogP contribution in [0.5, 0.6) is 0 Å². The van der Waals surface area contributed by atoms with Gasteiger partial charge >= 0.3 is 6.18 Å². The molecule has 47 heavy (non-hydrogen) atoms. The van der Waals surface area contributed by atoms with Crippen molar-refractivity contribution >= 4 is 35.0 Å². The number of ketones is 1. The van der Waals surface area contributed by atoms with Gasteiger partial charge in [0.15, 0.2) is 5.78 Å². The molecule has 0 bridgehead atoms. The first kappa shape index (κ1) is 38.4. The number of rotatable bonds is 8. The Labute approximate surface area is 292 Å². The summed E-state index contributed by atoms with van der Waals surface area (Å²) in [6, 6.07) is 19.2. The van der Waals surface area contributed by atoms with Crippen LogP contribution in [0.4, 0.5) is 13.2 Å². The van der Waals surface area contributed by atoms with Gasteiger partial charge in [-0.15, -0.1) is 34.9 Å². The van der Waals surface area contributed by atoms with Crippen molar-refractivity contribution in [2.45, 2.75) is 86.5 Å². The number of carbonyl (C=O) groups is 1. The number of carbonyl (C=O) groups excluding carboxylic acids is 1. The van der Waals surface area contributed by atoms with E-state index in [1.54, 1.807) is 0 Å². The third-order valence-electron chi connectivity index (χ3n) is 9.32. The first-order valence-electron chi connectivity index (χ1n) is 16.3. The van der Waals surface area contributed by atoms with Crippen LogP contribution in [0.3, 0.4) is 0 Å². The Morgan fingerprint density at radius 1 is 0.936 bits per heavy atom. The van der Waals surface area contributed by atoms with Crippen LogP contribution in [0.2, 0.25) is 13.1 Å². The monoisotopic (exact) mass is 837 g/mol. The Bertz CT molecular complexity index is 1750. The summed E-state index contributed by atoms with van der Waals surface area (Å²) in [6.45, 7) is 16.3. The maximum Gasteiger partial charge on any atom is 0.418 e. The maximum absolute atomic E-state index is 14.1. The molecule has 2 heterocycles. The summed E-state index contributed by atoms with van der Waals surface area (Å²) < 4.78 is 42.4. The summed E-state index contributed by atoms with van der Waals surface area (Å²) in [7, 11) is -2.45. The van der Waals surface area contributed by atoms with E-state index in [-0.39, 0.29) is 43.5 Å². The number of halogens is 3. The van der Waals surface area contributed by atoms with Crippen molar-refractivity contribution in [1.29, 1.82) is 0 Å². The van der Waals surface area contributed by atoms with Crippen LogP contribution >= 0.6 is 0 Å². The molecular formula is C39H45F3IrNO2Si-. The van der Waals surface area contributed by atoms with E-state index < -0.39 is 19.8 Å². The molecule has 3 aromatic carbocycles. The number of hydrogen-bond donors (Lipinski definition) is 1. The minimum absolute atomic E-state index is 0. The molecule has 0 aliphatic carbocycles. The smallest absolute Gasteiger partial charge is 0.418 e. The van der Waals surface area contributed by atoms with Crippen LogP contribution in [0.25, 0.3) is 33.2 Å². The van der Waals surface area contributed by atoms with Crippen molar-refractivity contribution in [2.75, 3.05) is 0 Å². The molecule has 0 saturated carbocycles. The molecule has 4 aromatic rings. The van der Waals surface area contributed by atoms with Gasteiger partial charge in [-0.2, -0.15) is 13.2 Å². The van der Waals surface area contributed by atoms with E-state index in [2.05, 4.69) is 30.2 Å². The first-order valence-corrected chi connectivity index (χ1v) is 19.3. The molecule has 0 spiro atoms. The number of aliphatic hydroxyl groups excluding tert-OH is 1. The SMILES string of the molecule is CCC(CC)C(=O)/C=C(\O)C(CC)CC.Cc1[c-]c(-c2ncc(C(F)(F)F)c3c2[Si](C)(C)c2cc4ccccc4cc2-3)cc(C)c1.[Ir]. The van der Waals surface area contributed by atoms with Gasteiger partial charge in [-0.3, -0.25) is 4.79 Å². The molecule has 1 aromatic heterocycles. The number of aliphatic hydroxyl groups is 1. The van der Waals surface area contributed by atoms with E-state index in [9.17, 15) is 23.1 Å². The Morgan fingerprint density at radius 2 is 1.51 bits per heavy atom. The predicted octanol–water partition coefficient (Wildman–Crippen LogP) is 10.0. The number of alkyl halides is 3. The Morgan fingerprint density at radius 3 is 2.04 bits per heavy atom. The average Bonchev–Trinajstić information content (AvgIpc) is 3.22. The van der Waals surface area contributed by atoms with E-state index in [1.807, 2.05) is 84.0 Å². The molecule has 0 saturated heterocycles. The van der Waals surface area contributed by atoms with Gasteiger partial charge < -0.3 is 10.1 Å². The molecule has 253 valence electrons. The molecule has 8 heteroatoms. The number of allylic oxidation sites excluding steroid dienone is 2. The van der Waals surface area contributed by atoms with Gasteiger partial charge in [-0.1, -0.05) is 90.2 Å². The van der Waals surface area contributed by atoms with Gasteiger partial charge in [-0.05, 0) is 64.5 Å². The molecule has 3 nitrogen and oxygen atoms in total. The summed E-state index contributed by atoms with van der Waals surface area (Å²) in [5.41, 5.74) is 3.75. The summed E-state index contributed by atoms with van der Waals surface area (Å²) in [5.74, 6) is 0.547. The molecule has 0 atom stereocenters. The zero-order valence-corrected chi connectivity index (χ0v) is 31.9. The fourth-order valence-electron chi connectivity index (χ4n) is 6.72. The molecule has 1 radical (unpaired) electrons. The van der Waals surface area contributed by atoms with Crippen molar-refractivity contribution < 1.29 is 43.2 Å². The molecular weight excluding hydrogens is 792 g/mol. The number of nitrogens with zero attached hydrogens (tertiary/aromatic N) is 1. The standard InChI is InChI=1S/C26H21F3NSi.C13H24O2.Ir/c1-15-9-16(2)11-19(10-15)24-25-23(21(14-30-24)26(27,28)29)20-12-17-7-5-6-8-18(17)13-22(20)31(25,3)4;1-5-10(6-2)12(14)9-13(15)11(7-3)8-4;/h5-10,12-14H,1-4H3;9-11,14H,5-8H2,1-4H3;/q-1;;/b;12-9-;. The number of fused-ring (bicyclic) bond motifs is 4. The maximum atomic E-state index is 14.1. The second-order valence-electron chi connectivity index (χ2n) is 12.9. The molecule has 0 unspecified atom stereocenters. The normalized spacial score (nSPS) is 13.6. The first-order chi connectivity index (χ1) is 21.7. The number of hydrogen-bond acceptors (Lipinski definition) is 3. The molecule has 0 fully saturated rings. The topological polar surface area (TPSA) is 50.2 Å². The molecule has 1 N–H and O–H groups in total. The third-order valence-corrected chi connectivity index (χ3v) is 12.8. The van der Waals surface area contributed by atoms with Crippen LogP contribution in [-0.2, 0) is 31.1 Å². The van der Waals surface area contributed by atoms with Crippen molar-refractivity contribution in [3.63, 3.8) is 0 Å². The van der Waals surface area contributed by atoms with Gasteiger partial charge in [0.25, 0.3) is 0 Å². The van der Waals surface area contributed by atoms with Crippen LogP contribution in [0.1, 0.15) is 70.1 Å². The summed E-state index contributed by atoms with van der Waals surface area (Å²) in [5, 5.41) is 13.5. The van der Waals surface area contributed by atoms with Crippen LogP contribution in [-0.4, -0.2) is 23.9 Å². The average molecular weight is 837 g/mol. The number of aryl methyl sites for hydroxylation is 2. The van der Waals surface area contributed by atoms with Gasteiger partial charge in [0, 0.05) is 44.2 Å². The Kier molecular flexibility index (Phi) is 12.6. The van der Waals surface area contributed by atoms with Crippen molar-refractivity contribution in [3.05, 3.63) is 89.3 Å². The van der Waals surface area contributed by atoms with Crippen LogP contribution < -0.4 is 10.4 Å².